The average molecular weight is 207 g/mol. The highest BCUT2D eigenvalue weighted by atomic mass is 16.6. The minimum absolute atomic E-state index is 0.279. The Labute approximate surface area is 90.7 Å². The second kappa shape index (κ2) is 5.39. The van der Waals surface area contributed by atoms with Gasteiger partial charge in [0.1, 0.15) is 0 Å². The van der Waals surface area contributed by atoms with Crippen molar-refractivity contribution >= 4 is 6.09 Å². The second-order valence-electron chi connectivity index (χ2n) is 3.54. The van der Waals surface area contributed by atoms with Gasteiger partial charge in [-0.05, 0) is 25.0 Å². The molecule has 15 heavy (non-hydrogen) atoms. The summed E-state index contributed by atoms with van der Waals surface area (Å²) in [6.45, 7) is 6.29. The first kappa shape index (κ1) is 11.6. The van der Waals surface area contributed by atoms with Gasteiger partial charge in [0.25, 0.3) is 0 Å². The highest BCUT2D eigenvalue weighted by Crippen LogP contribution is 2.19. The Bertz CT molecular complexity index is 314. The van der Waals surface area contributed by atoms with Gasteiger partial charge in [-0.2, -0.15) is 0 Å². The van der Waals surface area contributed by atoms with Crippen LogP contribution in [0.4, 0.5) is 4.79 Å². The van der Waals surface area contributed by atoms with E-state index in [0.29, 0.717) is 6.61 Å². The Balaban J connectivity index is 2.88. The number of carbonyl (C=O) groups is 1. The number of rotatable bonds is 2. The Morgan fingerprint density at radius 1 is 1.40 bits per heavy atom. The van der Waals surface area contributed by atoms with Crippen LogP contribution in [-0.4, -0.2) is 17.6 Å². The summed E-state index contributed by atoms with van der Waals surface area (Å²) in [7, 11) is 0. The molecule has 1 heterocycles. The van der Waals surface area contributed by atoms with Crippen molar-refractivity contribution in [1.82, 2.24) is 4.90 Å². The van der Waals surface area contributed by atoms with Crippen molar-refractivity contribution in [1.29, 1.82) is 0 Å². The van der Waals surface area contributed by atoms with Crippen LogP contribution < -0.4 is 0 Å². The van der Waals surface area contributed by atoms with Crippen LogP contribution in [0.3, 0.4) is 0 Å². The fraction of sp³-hybridized carbons (Fsp3) is 0.417. The Hall–Kier alpha value is -1.51. The van der Waals surface area contributed by atoms with Crippen LogP contribution in [0.2, 0.25) is 0 Å². The molecule has 0 saturated carbocycles. The maximum Gasteiger partial charge on any atom is 0.418 e. The molecule has 1 amide bonds. The topological polar surface area (TPSA) is 29.5 Å². The minimum Gasteiger partial charge on any atom is -0.449 e. The molecular formula is C12H17NO2. The van der Waals surface area contributed by atoms with Gasteiger partial charge in [-0.25, -0.2) is 4.79 Å². The van der Waals surface area contributed by atoms with Crippen LogP contribution in [0.5, 0.6) is 0 Å². The van der Waals surface area contributed by atoms with Crippen molar-refractivity contribution in [3.63, 3.8) is 0 Å². The van der Waals surface area contributed by atoms with E-state index in [1.165, 1.54) is 0 Å². The number of carbonyl (C=O) groups excluding carboxylic acids is 1. The molecule has 0 saturated heterocycles. The normalized spacial score (nSPS) is 15.2. The first-order valence-corrected chi connectivity index (χ1v) is 5.17. The zero-order chi connectivity index (χ0) is 11.3. The van der Waals surface area contributed by atoms with Crippen molar-refractivity contribution in [3.05, 3.63) is 36.2 Å². The molecular weight excluding hydrogens is 190 g/mol. The van der Waals surface area contributed by atoms with Gasteiger partial charge < -0.3 is 4.74 Å². The van der Waals surface area contributed by atoms with E-state index >= 15 is 0 Å². The van der Waals surface area contributed by atoms with Gasteiger partial charge >= 0.3 is 6.09 Å². The summed E-state index contributed by atoms with van der Waals surface area (Å²) in [5.74, 6) is 0.279. The van der Waals surface area contributed by atoms with Crippen LogP contribution in [-0.2, 0) is 4.74 Å². The quantitative estimate of drug-likeness (QED) is 0.696. The molecule has 1 aliphatic rings. The molecule has 0 bridgehead atoms. The van der Waals surface area contributed by atoms with E-state index in [-0.39, 0.29) is 12.0 Å². The van der Waals surface area contributed by atoms with Gasteiger partial charge in [0.2, 0.25) is 0 Å². The van der Waals surface area contributed by atoms with Crippen molar-refractivity contribution < 1.29 is 9.53 Å². The van der Waals surface area contributed by atoms with E-state index in [4.69, 9.17) is 4.74 Å². The predicted molar refractivity (Wildman–Crippen MR) is 60.1 cm³/mol. The van der Waals surface area contributed by atoms with Gasteiger partial charge in [-0.1, -0.05) is 26.0 Å². The number of ether oxygens (including phenoxy) is 1. The first-order chi connectivity index (χ1) is 7.16. The molecule has 0 unspecified atom stereocenters. The molecule has 0 aliphatic carbocycles. The summed E-state index contributed by atoms with van der Waals surface area (Å²) in [5.41, 5.74) is 0.943. The lowest BCUT2D eigenvalue weighted by atomic mass is 10.1. The number of amides is 1. The molecule has 1 aliphatic heterocycles. The SMILES string of the molecule is CCOC(=O)N1C=CC=CC=C1C(C)C. The lowest BCUT2D eigenvalue weighted by Gasteiger charge is -2.22. The smallest absolute Gasteiger partial charge is 0.418 e. The zero-order valence-corrected chi connectivity index (χ0v) is 9.43. The van der Waals surface area contributed by atoms with Crippen LogP contribution in [0.25, 0.3) is 0 Å². The summed E-state index contributed by atoms with van der Waals surface area (Å²) in [6, 6.07) is 0. The molecule has 0 aromatic rings. The van der Waals surface area contributed by atoms with Crippen molar-refractivity contribution in [2.24, 2.45) is 5.92 Å². The highest BCUT2D eigenvalue weighted by molar-refractivity contribution is 5.71. The summed E-state index contributed by atoms with van der Waals surface area (Å²) < 4.78 is 4.98. The van der Waals surface area contributed by atoms with E-state index in [9.17, 15) is 4.79 Å². The average Bonchev–Trinajstić information content (AvgIpc) is 2.42. The maximum absolute atomic E-state index is 11.6. The van der Waals surface area contributed by atoms with Crippen molar-refractivity contribution in [2.75, 3.05) is 6.61 Å². The maximum atomic E-state index is 11.6. The standard InChI is InChI=1S/C12H17NO2/c1-4-15-12(14)13-9-7-5-6-8-11(13)10(2)3/h5-10H,4H2,1-3H3. The van der Waals surface area contributed by atoms with Crippen molar-refractivity contribution in [3.8, 4) is 0 Å². The lowest BCUT2D eigenvalue weighted by Crippen LogP contribution is -2.28. The molecule has 1 rings (SSSR count). The van der Waals surface area contributed by atoms with E-state index in [1.807, 2.05) is 38.2 Å². The molecule has 0 radical (unpaired) electrons. The fourth-order valence-electron chi connectivity index (χ4n) is 1.35. The Morgan fingerprint density at radius 2 is 2.13 bits per heavy atom. The Morgan fingerprint density at radius 3 is 2.73 bits per heavy atom. The Kier molecular flexibility index (Phi) is 4.16. The lowest BCUT2D eigenvalue weighted by molar-refractivity contribution is 0.128. The molecule has 0 fully saturated rings. The van der Waals surface area contributed by atoms with Crippen LogP contribution in [0.15, 0.2) is 36.2 Å². The molecule has 3 nitrogen and oxygen atoms in total. The third kappa shape index (κ3) is 2.98. The zero-order valence-electron chi connectivity index (χ0n) is 9.43. The van der Waals surface area contributed by atoms with Crippen molar-refractivity contribution in [2.45, 2.75) is 20.8 Å². The van der Waals surface area contributed by atoms with E-state index in [1.54, 1.807) is 18.0 Å². The van der Waals surface area contributed by atoms with E-state index < -0.39 is 0 Å². The van der Waals surface area contributed by atoms with E-state index in [0.717, 1.165) is 5.70 Å². The van der Waals surface area contributed by atoms with Gasteiger partial charge in [-0.15, -0.1) is 0 Å². The third-order valence-electron chi connectivity index (χ3n) is 2.06. The molecule has 3 heteroatoms. The molecule has 0 spiro atoms. The van der Waals surface area contributed by atoms with Crippen LogP contribution in [0.1, 0.15) is 20.8 Å². The van der Waals surface area contributed by atoms with Gasteiger partial charge in [-0.3, -0.25) is 4.90 Å². The number of hydrogen-bond donors (Lipinski definition) is 0. The van der Waals surface area contributed by atoms with Gasteiger partial charge in [0.15, 0.2) is 0 Å². The van der Waals surface area contributed by atoms with Gasteiger partial charge in [0.05, 0.1) is 6.61 Å². The molecule has 0 atom stereocenters. The highest BCUT2D eigenvalue weighted by Gasteiger charge is 2.19. The largest absolute Gasteiger partial charge is 0.449 e. The fourth-order valence-corrected chi connectivity index (χ4v) is 1.35. The summed E-state index contributed by atoms with van der Waals surface area (Å²) >= 11 is 0. The summed E-state index contributed by atoms with van der Waals surface area (Å²) in [4.78, 5) is 13.2. The minimum atomic E-state index is -0.322. The molecule has 0 aromatic heterocycles. The second-order valence-corrected chi connectivity index (χ2v) is 3.54. The summed E-state index contributed by atoms with van der Waals surface area (Å²) in [6.07, 6.45) is 8.97. The number of hydrogen-bond acceptors (Lipinski definition) is 2. The predicted octanol–water partition coefficient (Wildman–Crippen LogP) is 3.07. The van der Waals surface area contributed by atoms with E-state index in [2.05, 4.69) is 0 Å². The monoisotopic (exact) mass is 207 g/mol. The molecule has 82 valence electrons. The number of allylic oxidation sites excluding steroid dienone is 5. The van der Waals surface area contributed by atoms with Crippen LogP contribution >= 0.6 is 0 Å². The summed E-state index contributed by atoms with van der Waals surface area (Å²) in [5, 5.41) is 0. The molecule has 0 aromatic carbocycles. The first-order valence-electron chi connectivity index (χ1n) is 5.17. The molecule has 0 N–H and O–H groups in total. The third-order valence-corrected chi connectivity index (χ3v) is 2.06. The number of nitrogens with zero attached hydrogens (tertiary/aromatic N) is 1. The van der Waals surface area contributed by atoms with Gasteiger partial charge in [0, 0.05) is 11.9 Å². The van der Waals surface area contributed by atoms with Crippen LogP contribution in [0, 0.1) is 5.92 Å².